The summed E-state index contributed by atoms with van der Waals surface area (Å²) in [4.78, 5) is 148. The molecule has 6 aliphatic carbocycles. The summed E-state index contributed by atoms with van der Waals surface area (Å²) in [5.41, 5.74) is -11.1. The highest BCUT2D eigenvalue weighted by Gasteiger charge is 2.82. The van der Waals surface area contributed by atoms with Gasteiger partial charge in [0, 0.05) is 75.3 Å². The van der Waals surface area contributed by atoms with Gasteiger partial charge in [-0.3, -0.25) is 28.8 Å². The Morgan fingerprint density at radius 2 is 0.822 bits per heavy atom. The molecule has 0 spiro atoms. The van der Waals surface area contributed by atoms with Crippen LogP contribution in [0.3, 0.4) is 0 Å². The van der Waals surface area contributed by atoms with E-state index in [1.807, 2.05) is 48.5 Å². The number of carboxylic acid groups (broad SMARTS) is 1. The van der Waals surface area contributed by atoms with Crippen LogP contribution in [0.1, 0.15) is 206 Å². The molecule has 4 saturated carbocycles. The van der Waals surface area contributed by atoms with E-state index in [0.717, 1.165) is 23.7 Å². The lowest BCUT2D eigenvalue weighted by atomic mass is 9.44. The Morgan fingerprint density at radius 3 is 1.16 bits per heavy atom. The second-order valence-corrected chi connectivity index (χ2v) is 48.0. The van der Waals surface area contributed by atoms with E-state index >= 15 is 9.59 Å². The lowest BCUT2D eigenvalue weighted by Gasteiger charge is -2.68. The maximum atomic E-state index is 16.3. The topological polar surface area (TPSA) is 423 Å². The first-order chi connectivity index (χ1) is 63.9. The van der Waals surface area contributed by atoms with Crippen LogP contribution in [0.5, 0.6) is 0 Å². The SMILES string of the molecule is CC[Si](CC)(CC)O[C@H]1C[C@H]2OC[C@@]2(OC(C)=O)[C@H]2[C@H](OC(=O)c3ccccc3)[C@]3(O)C[C@H](O)C(C)=C([C@@H](OC(C)=O)C(=O)[C@]12C)C3(C)C.CC[Si](CC)(CC)O[C@H]1C[C@H]2OC[C@@]2(OC(C)=O)[C@H]2[C@H](OC(=O)c3ccccc3)[C@]3(O)C[C@H](OC(=O)C4OC(c5ccccc5)=N[C@H]4c4ccco4)C(C)=C([C@@H](OC(C)=O)C(=O)[C@]12C)C3(C)C.O=C(O)[C@@H]1OC(c2ccccc2)=N[C@H]1c1ccco1. The first kappa shape index (κ1) is 100. The zero-order valence-electron chi connectivity index (χ0n) is 79.6. The van der Waals surface area contributed by atoms with Gasteiger partial charge in [-0.25, -0.2) is 29.2 Å². The van der Waals surface area contributed by atoms with Crippen LogP contribution >= 0.6 is 0 Å². The Bertz CT molecular complexity index is 5540. The molecule has 724 valence electrons. The summed E-state index contributed by atoms with van der Waals surface area (Å²) < 4.78 is 93.8. The fraction of sp³-hybridized carbons (Fsp3) is 0.529. The molecule has 4 N–H and O–H groups in total. The molecule has 0 radical (unpaired) electrons. The van der Waals surface area contributed by atoms with Crippen molar-refractivity contribution in [2.75, 3.05) is 13.2 Å². The number of Topliss-reactive ketones (excluding diaryl/α,β-unsaturated/α-hetero) is 2. The fourth-order valence-electron chi connectivity index (χ4n) is 23.0. The summed E-state index contributed by atoms with van der Waals surface area (Å²) in [6.45, 7) is 30.4. The molecule has 4 bridgehead atoms. The molecule has 16 rings (SSSR count). The van der Waals surface area contributed by atoms with E-state index in [4.69, 9.17) is 74.8 Å². The van der Waals surface area contributed by atoms with Crippen molar-refractivity contribution in [2.45, 2.75) is 294 Å². The average molecular weight is 1900 g/mol. The summed E-state index contributed by atoms with van der Waals surface area (Å²) in [5.74, 6) is -8.79. The summed E-state index contributed by atoms with van der Waals surface area (Å²) in [6.07, 6.45) is -12.3. The predicted molar refractivity (Wildman–Crippen MR) is 492 cm³/mol. The number of carboxylic acids is 1. The van der Waals surface area contributed by atoms with E-state index in [2.05, 4.69) is 46.5 Å². The maximum Gasteiger partial charge on any atom is 0.350 e. The van der Waals surface area contributed by atoms with Gasteiger partial charge in [-0.1, -0.05) is 142 Å². The van der Waals surface area contributed by atoms with Gasteiger partial charge >= 0.3 is 47.8 Å². The second kappa shape index (κ2) is 38.6. The Labute approximate surface area is 786 Å². The van der Waals surface area contributed by atoms with Crippen LogP contribution in [0, 0.1) is 33.5 Å². The molecule has 0 amide bonds. The van der Waals surface area contributed by atoms with Crippen LogP contribution in [0.25, 0.3) is 0 Å². The van der Waals surface area contributed by atoms with E-state index in [1.165, 1.54) is 40.2 Å². The number of hydrogen-bond acceptors (Lipinski definition) is 30. The van der Waals surface area contributed by atoms with Gasteiger partial charge in [0.25, 0.3) is 0 Å². The molecule has 4 aromatic carbocycles. The van der Waals surface area contributed by atoms with Crippen molar-refractivity contribution in [3.8, 4) is 0 Å². The normalized spacial score (nSPS) is 32.8. The third kappa shape index (κ3) is 17.5. The van der Waals surface area contributed by atoms with Gasteiger partial charge in [-0.2, -0.15) is 0 Å². The number of esters is 7. The van der Waals surface area contributed by atoms with E-state index < -0.39 is 224 Å². The zero-order chi connectivity index (χ0) is 97.8. The van der Waals surface area contributed by atoms with E-state index in [1.54, 1.807) is 152 Å². The molecule has 31 nitrogen and oxygen atoms in total. The molecule has 6 fully saturated rings. The lowest BCUT2D eigenvalue weighted by Crippen LogP contribution is -2.82. The highest BCUT2D eigenvalue weighted by atomic mass is 28.4. The Hall–Kier alpha value is -10.9. The van der Waals surface area contributed by atoms with E-state index in [0.29, 0.717) is 52.3 Å². The van der Waals surface area contributed by atoms with Gasteiger partial charge < -0.3 is 90.2 Å². The summed E-state index contributed by atoms with van der Waals surface area (Å²) in [7, 11) is -5.08. The molecule has 22 atom stereocenters. The Morgan fingerprint density at radius 1 is 0.459 bits per heavy atom. The van der Waals surface area contributed by atoms with Crippen molar-refractivity contribution >= 4 is 87.8 Å². The van der Waals surface area contributed by atoms with Crippen molar-refractivity contribution in [1.82, 2.24) is 0 Å². The smallest absolute Gasteiger partial charge is 0.350 e. The van der Waals surface area contributed by atoms with Gasteiger partial charge in [-0.15, -0.1) is 0 Å². The van der Waals surface area contributed by atoms with Crippen molar-refractivity contribution in [1.29, 1.82) is 0 Å². The molecular weight excluding hydrogens is 1770 g/mol. The number of ether oxygens (including phenoxy) is 11. The minimum Gasteiger partial charge on any atom is -0.478 e. The molecular formula is C102H124N2O29Si2. The Kier molecular flexibility index (Phi) is 28.6. The predicted octanol–water partition coefficient (Wildman–Crippen LogP) is 14.3. The molecule has 1 unspecified atom stereocenters. The number of aliphatic hydroxyl groups is 3. The first-order valence-corrected chi connectivity index (χ1v) is 51.6. The molecule has 4 aliphatic heterocycles. The number of rotatable bonds is 25. The number of fused-ring (bicyclic) bond motifs is 10. The number of aliphatic hydroxyl groups excluding tert-OH is 1. The average Bonchev–Trinajstić information content (AvgIpc) is 0.845. The molecule has 6 heterocycles. The molecule has 135 heavy (non-hydrogen) atoms. The summed E-state index contributed by atoms with van der Waals surface area (Å²) >= 11 is 0. The highest BCUT2D eigenvalue weighted by Crippen LogP contribution is 2.68. The third-order valence-electron chi connectivity index (χ3n) is 31.0. The van der Waals surface area contributed by atoms with Crippen molar-refractivity contribution in [3.05, 3.63) is 214 Å². The van der Waals surface area contributed by atoms with Crippen molar-refractivity contribution in [2.24, 2.45) is 43.5 Å². The molecule has 2 aromatic heterocycles. The van der Waals surface area contributed by atoms with Crippen molar-refractivity contribution in [3.63, 3.8) is 0 Å². The highest BCUT2D eigenvalue weighted by molar-refractivity contribution is 6.74. The number of hydrogen-bond donors (Lipinski definition) is 4. The second-order valence-electron chi connectivity index (χ2n) is 38.6. The van der Waals surface area contributed by atoms with Gasteiger partial charge in [0.15, 0.2) is 63.7 Å². The van der Waals surface area contributed by atoms with Crippen LogP contribution < -0.4 is 0 Å². The number of furan rings is 2. The number of nitrogens with zero attached hydrogens (tertiary/aromatic N) is 2. The van der Waals surface area contributed by atoms with Gasteiger partial charge in [0.05, 0.1) is 77.8 Å². The van der Waals surface area contributed by atoms with Crippen LogP contribution in [-0.2, 0) is 99.3 Å². The van der Waals surface area contributed by atoms with Gasteiger partial charge in [0.1, 0.15) is 53.2 Å². The molecule has 6 aromatic rings. The number of benzene rings is 4. The van der Waals surface area contributed by atoms with E-state index in [9.17, 15) is 58.8 Å². The quantitative estimate of drug-likeness (QED) is 0.0179. The number of carbonyl (C=O) groups is 10. The number of ketones is 2. The van der Waals surface area contributed by atoms with E-state index in [-0.39, 0.29) is 60.6 Å². The number of aliphatic imine (C=N–C) groups is 2. The summed E-state index contributed by atoms with van der Waals surface area (Å²) in [5, 5.41) is 48.2. The number of carbonyl (C=O) groups excluding carboxylic acids is 9. The number of aliphatic carboxylic acids is 1. The van der Waals surface area contributed by atoms with Crippen LogP contribution in [-0.4, -0.2) is 217 Å². The fourth-order valence-corrected chi connectivity index (χ4v) is 28.9. The molecule has 2 saturated heterocycles. The first-order valence-electron chi connectivity index (χ1n) is 46.5. The van der Waals surface area contributed by atoms with Crippen molar-refractivity contribution < 1.29 is 138 Å². The molecule has 10 aliphatic rings. The zero-order valence-corrected chi connectivity index (χ0v) is 81.6. The minimum absolute atomic E-state index is 0.109. The lowest BCUT2D eigenvalue weighted by molar-refractivity contribution is -0.344. The monoisotopic (exact) mass is 1900 g/mol. The van der Waals surface area contributed by atoms with Crippen LogP contribution in [0.2, 0.25) is 36.3 Å². The van der Waals surface area contributed by atoms with Gasteiger partial charge in [-0.05, 0) is 159 Å². The minimum atomic E-state index is -2.61. The molecule has 33 heteroatoms. The Balaban J connectivity index is 0.000000186. The van der Waals surface area contributed by atoms with Crippen LogP contribution in [0.15, 0.2) is 199 Å². The van der Waals surface area contributed by atoms with Gasteiger partial charge in [0.2, 0.25) is 24.0 Å². The summed E-state index contributed by atoms with van der Waals surface area (Å²) in [6, 6.07) is 44.3. The largest absolute Gasteiger partial charge is 0.478 e. The van der Waals surface area contributed by atoms with Crippen LogP contribution in [0.4, 0.5) is 0 Å². The third-order valence-corrected chi connectivity index (χ3v) is 40.3. The maximum absolute atomic E-state index is 16.3. The standard InChI is InChI=1S/C51H61NO14Si.C37H52O11Si.C14H11NO4/c1-10-67(11-2,12-3)66-36-26-37-50(28-60-37,65-31(6)54)42-44(64-46(56)33-22-17-14-18-23-33)51(58)27-35(29(4)38(48(51,7)8)40(61-30(5)53)43(55)49(36,42)9)62-47(57)41-39(34-24-19-25-59-34)52-45(63-41)32-20-15-13-16-21-32;1-10-49(11-2,12-3)48-26-18-27-36(20-44-27,47-23(6)39)30-32(46-33(42)24-16-14-13-15-17-24)37(43)19-25(40)21(4)28(34(37,7)8)29(45-22(5)38)31(41)35(26,30)9;16-14(17)12-11(10-7-4-8-18-10)15-13(19-12)9-5-2-1-3-6-9/h13-25,35-37,39-42,44,58H,10-12,26-28H2,1-9H3;13-17,25-27,29-30,32,40,43H,10-12,18-20H2,1-9H3;1-8,11-12H,(H,16,17)/t35-,36-,37+,39-,40+,41?,42-,44-,49+,50-,51+;25-,26-,27+,29+,30-,32-,35+,36-,37+;11-,12+/m000/s1.